The highest BCUT2D eigenvalue weighted by Gasteiger charge is 2.56. The van der Waals surface area contributed by atoms with Gasteiger partial charge in [0, 0.05) is 18.7 Å². The molecular weight excluding hydrogens is 494 g/mol. The number of hydrogen-bond donors (Lipinski definition) is 1. The fraction of sp³-hybridized carbons (Fsp3) is 0.333. The smallest absolute Gasteiger partial charge is 0.410 e. The molecule has 3 heterocycles. The summed E-state index contributed by atoms with van der Waals surface area (Å²) in [5.41, 5.74) is 2.02. The molecule has 0 aromatic heterocycles. The van der Waals surface area contributed by atoms with Gasteiger partial charge in [-0.15, -0.1) is 11.8 Å². The van der Waals surface area contributed by atoms with Crippen LogP contribution in [0.1, 0.15) is 30.1 Å². The molecule has 2 fully saturated rings. The van der Waals surface area contributed by atoms with Gasteiger partial charge >= 0.3 is 12.1 Å². The molecule has 0 aliphatic carbocycles. The second-order valence-corrected chi connectivity index (χ2v) is 10.0. The molecule has 3 amide bonds. The summed E-state index contributed by atoms with van der Waals surface area (Å²) in [6.45, 7) is 1.13. The van der Waals surface area contributed by atoms with Gasteiger partial charge in [0.1, 0.15) is 18.0 Å². The van der Waals surface area contributed by atoms with Gasteiger partial charge in [0.2, 0.25) is 12.3 Å². The van der Waals surface area contributed by atoms with E-state index in [1.54, 1.807) is 10.3 Å². The number of β-lactam (4-membered cyclic amide) rings is 1. The van der Waals surface area contributed by atoms with Gasteiger partial charge in [-0.25, -0.2) is 9.59 Å². The van der Waals surface area contributed by atoms with E-state index >= 15 is 0 Å². The average Bonchev–Trinajstić information content (AvgIpc) is 3.49. The van der Waals surface area contributed by atoms with Gasteiger partial charge in [0.25, 0.3) is 0 Å². The number of hydrogen-bond acceptors (Lipinski definition) is 7. The summed E-state index contributed by atoms with van der Waals surface area (Å²) in [4.78, 5) is 53.3. The minimum absolute atomic E-state index is 0.147. The van der Waals surface area contributed by atoms with Crippen LogP contribution in [0, 0.1) is 0 Å². The molecule has 1 N–H and O–H groups in total. The predicted molar refractivity (Wildman–Crippen MR) is 136 cm³/mol. The fourth-order valence-corrected chi connectivity index (χ4v) is 6.03. The molecule has 3 aliphatic heterocycles. The zero-order valence-corrected chi connectivity index (χ0v) is 20.8. The maximum absolute atomic E-state index is 13.8. The molecule has 3 atom stereocenters. The number of rotatable bonds is 8. The highest BCUT2D eigenvalue weighted by atomic mass is 32.2. The van der Waals surface area contributed by atoms with Crippen LogP contribution in [0.2, 0.25) is 0 Å². The third-order valence-electron chi connectivity index (χ3n) is 6.70. The summed E-state index contributed by atoms with van der Waals surface area (Å²) >= 11 is 1.30. The molecule has 0 bridgehead atoms. The summed E-state index contributed by atoms with van der Waals surface area (Å²) in [6, 6.07) is 16.9. The molecule has 2 aromatic rings. The maximum atomic E-state index is 13.8. The lowest BCUT2D eigenvalue weighted by atomic mass is 9.97. The Labute approximate surface area is 218 Å². The Kier molecular flexibility index (Phi) is 7.45. The van der Waals surface area contributed by atoms with Gasteiger partial charge < -0.3 is 24.6 Å². The van der Waals surface area contributed by atoms with Crippen LogP contribution in [0.25, 0.3) is 0 Å². The SMILES string of the molecule is O=CN[C@@H]1C(=O)N2C(C(=O)OC(c3ccccc3)c3ccccc3)C(COC(=O)N3CCCC3)=CS[C@H]12. The quantitative estimate of drug-likeness (QED) is 0.324. The van der Waals surface area contributed by atoms with Gasteiger partial charge in [-0.05, 0) is 29.4 Å². The van der Waals surface area contributed by atoms with E-state index in [4.69, 9.17) is 9.47 Å². The van der Waals surface area contributed by atoms with Crippen molar-refractivity contribution in [1.29, 1.82) is 0 Å². The number of likely N-dealkylation sites (tertiary alicyclic amines) is 1. The summed E-state index contributed by atoms with van der Waals surface area (Å²) in [5, 5.41) is 3.79. The molecule has 2 saturated heterocycles. The molecule has 0 spiro atoms. The molecule has 0 saturated carbocycles. The first-order valence-electron chi connectivity index (χ1n) is 12.2. The first-order valence-corrected chi connectivity index (χ1v) is 13.1. The Hall–Kier alpha value is -3.79. The van der Waals surface area contributed by atoms with E-state index in [9.17, 15) is 19.2 Å². The third kappa shape index (κ3) is 5.06. The van der Waals surface area contributed by atoms with Crippen LogP contribution in [0.3, 0.4) is 0 Å². The third-order valence-corrected chi connectivity index (χ3v) is 7.92. The topological polar surface area (TPSA) is 105 Å². The van der Waals surface area contributed by atoms with E-state index in [1.165, 1.54) is 16.7 Å². The maximum Gasteiger partial charge on any atom is 0.410 e. The Morgan fingerprint density at radius 2 is 1.65 bits per heavy atom. The fourth-order valence-electron chi connectivity index (χ4n) is 4.81. The van der Waals surface area contributed by atoms with E-state index in [0.717, 1.165) is 24.0 Å². The Morgan fingerprint density at radius 3 is 2.24 bits per heavy atom. The van der Waals surface area contributed by atoms with Gasteiger partial charge in [-0.1, -0.05) is 60.7 Å². The van der Waals surface area contributed by atoms with E-state index in [2.05, 4.69) is 5.32 Å². The van der Waals surface area contributed by atoms with Crippen LogP contribution in [0.5, 0.6) is 0 Å². The summed E-state index contributed by atoms with van der Waals surface area (Å²) in [6.07, 6.45) is 1.19. The van der Waals surface area contributed by atoms with E-state index in [1.807, 2.05) is 60.7 Å². The van der Waals surface area contributed by atoms with Gasteiger partial charge in [-0.3, -0.25) is 9.59 Å². The molecule has 2 aromatic carbocycles. The van der Waals surface area contributed by atoms with Gasteiger partial charge in [0.05, 0.1) is 0 Å². The van der Waals surface area contributed by atoms with E-state index in [-0.39, 0.29) is 12.5 Å². The van der Waals surface area contributed by atoms with Crippen molar-refractivity contribution in [2.45, 2.75) is 36.4 Å². The van der Waals surface area contributed by atoms with Crippen LogP contribution < -0.4 is 5.32 Å². The number of ether oxygens (including phenoxy) is 2. The van der Waals surface area contributed by atoms with Gasteiger partial charge in [-0.2, -0.15) is 0 Å². The molecule has 9 nitrogen and oxygen atoms in total. The van der Waals surface area contributed by atoms with Crippen molar-refractivity contribution in [2.24, 2.45) is 0 Å². The second-order valence-electron chi connectivity index (χ2n) is 9.02. The normalized spacial score (nSPS) is 22.6. The molecule has 1 unspecified atom stereocenters. The van der Waals surface area contributed by atoms with E-state index in [0.29, 0.717) is 25.1 Å². The molecule has 192 valence electrons. The van der Waals surface area contributed by atoms with Crippen molar-refractivity contribution >= 4 is 36.1 Å². The molecule has 10 heteroatoms. The largest absolute Gasteiger partial charge is 0.451 e. The zero-order valence-electron chi connectivity index (χ0n) is 20.0. The number of carbonyl (C=O) groups excluding carboxylic acids is 4. The second kappa shape index (κ2) is 11.1. The monoisotopic (exact) mass is 521 g/mol. The minimum Gasteiger partial charge on any atom is -0.451 e. The number of thioether (sulfide) groups is 1. The van der Waals surface area contributed by atoms with Crippen molar-refractivity contribution in [3.05, 3.63) is 82.8 Å². The molecular formula is C27H27N3O6S. The van der Waals surface area contributed by atoms with Crippen LogP contribution in [-0.2, 0) is 23.9 Å². The Balaban J connectivity index is 1.40. The minimum atomic E-state index is -1.08. The van der Waals surface area contributed by atoms with Crippen LogP contribution in [0.4, 0.5) is 4.79 Å². The highest BCUT2D eigenvalue weighted by molar-refractivity contribution is 8.02. The zero-order chi connectivity index (χ0) is 25.8. The van der Waals surface area contributed by atoms with Crippen LogP contribution in [0.15, 0.2) is 71.6 Å². The Bertz CT molecular complexity index is 1150. The van der Waals surface area contributed by atoms with Gasteiger partial charge in [0.15, 0.2) is 12.1 Å². The number of esters is 1. The summed E-state index contributed by atoms with van der Waals surface area (Å²) in [5.74, 6) is -1.02. The lowest BCUT2D eigenvalue weighted by molar-refractivity contribution is -0.165. The Morgan fingerprint density at radius 1 is 1.03 bits per heavy atom. The van der Waals surface area contributed by atoms with Crippen LogP contribution >= 0.6 is 11.8 Å². The lowest BCUT2D eigenvalue weighted by Gasteiger charge is -2.51. The molecule has 0 radical (unpaired) electrons. The van der Waals surface area contributed by atoms with Crippen molar-refractivity contribution in [3.8, 4) is 0 Å². The summed E-state index contributed by atoms with van der Waals surface area (Å²) in [7, 11) is 0. The van der Waals surface area contributed by atoms with Crippen LogP contribution in [-0.4, -0.2) is 71.3 Å². The van der Waals surface area contributed by atoms with E-state index < -0.39 is 35.6 Å². The number of benzene rings is 2. The van der Waals surface area contributed by atoms with Crippen molar-refractivity contribution in [1.82, 2.24) is 15.1 Å². The molecule has 5 rings (SSSR count). The van der Waals surface area contributed by atoms with Crippen molar-refractivity contribution < 1.29 is 28.7 Å². The number of carbonyl (C=O) groups is 4. The lowest BCUT2D eigenvalue weighted by Crippen LogP contribution is -2.73. The average molecular weight is 522 g/mol. The number of fused-ring (bicyclic) bond motifs is 1. The standard InChI is InChI=1S/C27H27N3O6S/c31-17-28-21-24(32)30-22(20(16-37-25(21)30)15-35-27(34)29-13-7-8-14-29)26(33)36-23(18-9-3-1-4-10-18)19-11-5-2-6-12-19/h1-6,9-12,16-17,21-23,25H,7-8,13-15H2,(H,28,31)/t21-,22?,25-/m1/s1. The number of nitrogens with zero attached hydrogens (tertiary/aromatic N) is 2. The van der Waals surface area contributed by atoms with Crippen molar-refractivity contribution in [3.63, 3.8) is 0 Å². The number of amides is 3. The number of nitrogens with one attached hydrogen (secondary N) is 1. The predicted octanol–water partition coefficient (Wildman–Crippen LogP) is 2.83. The molecule has 37 heavy (non-hydrogen) atoms. The first-order chi connectivity index (χ1) is 18.1. The van der Waals surface area contributed by atoms with Crippen molar-refractivity contribution in [2.75, 3.05) is 19.7 Å². The highest BCUT2D eigenvalue weighted by Crippen LogP contribution is 2.41. The summed E-state index contributed by atoms with van der Waals surface area (Å²) < 4.78 is 11.6. The first kappa shape index (κ1) is 24.9. The molecule has 3 aliphatic rings.